The maximum atomic E-state index is 11.9. The third kappa shape index (κ3) is 3.31. The van der Waals surface area contributed by atoms with Crippen LogP contribution >= 0.6 is 0 Å². The van der Waals surface area contributed by atoms with E-state index in [1.165, 1.54) is 0 Å². The summed E-state index contributed by atoms with van der Waals surface area (Å²) in [6.45, 7) is 10.5. The molecule has 25 heavy (non-hydrogen) atoms. The number of nitrogens with zero attached hydrogens (tertiary/aromatic N) is 2. The van der Waals surface area contributed by atoms with Crippen LogP contribution in [-0.2, 0) is 19.1 Å². The minimum absolute atomic E-state index is 0.0508. The van der Waals surface area contributed by atoms with Gasteiger partial charge >= 0.3 is 5.63 Å². The number of rotatable bonds is 3. The molecule has 5 nitrogen and oxygen atoms in total. The van der Waals surface area contributed by atoms with Crippen molar-refractivity contribution < 1.29 is 9.15 Å². The van der Waals surface area contributed by atoms with Gasteiger partial charge in [-0.15, -0.1) is 0 Å². The number of hydrogen-bond donors (Lipinski definition) is 0. The zero-order chi connectivity index (χ0) is 18.4. The second-order valence-corrected chi connectivity index (χ2v) is 7.51. The van der Waals surface area contributed by atoms with Crippen molar-refractivity contribution in [2.24, 2.45) is 7.05 Å². The molecule has 5 heteroatoms. The van der Waals surface area contributed by atoms with Crippen molar-refractivity contribution in [1.29, 1.82) is 0 Å². The van der Waals surface area contributed by atoms with Gasteiger partial charge in [-0.25, -0.2) is 4.79 Å². The number of aromatic nitrogens is 2. The molecule has 0 spiro atoms. The summed E-state index contributed by atoms with van der Waals surface area (Å²) in [4.78, 5) is 11.9. The van der Waals surface area contributed by atoms with Crippen LogP contribution in [0.15, 0.2) is 33.6 Å². The average molecular weight is 340 g/mol. The smallest absolute Gasteiger partial charge is 0.339 e. The second kappa shape index (κ2) is 6.06. The molecule has 0 N–H and O–H groups in total. The van der Waals surface area contributed by atoms with Gasteiger partial charge in [-0.3, -0.25) is 4.68 Å². The lowest BCUT2D eigenvalue weighted by molar-refractivity contribution is 0.302. The van der Waals surface area contributed by atoms with E-state index in [4.69, 9.17) is 9.15 Å². The summed E-state index contributed by atoms with van der Waals surface area (Å²) < 4.78 is 13.2. The molecule has 3 rings (SSSR count). The Morgan fingerprint density at radius 2 is 1.92 bits per heavy atom. The lowest BCUT2D eigenvalue weighted by atomic mass is 9.90. The fourth-order valence-corrected chi connectivity index (χ4v) is 2.95. The zero-order valence-corrected chi connectivity index (χ0v) is 15.6. The Labute approximate surface area is 147 Å². The summed E-state index contributed by atoms with van der Waals surface area (Å²) in [5.74, 6) is 0.669. The summed E-state index contributed by atoms with van der Waals surface area (Å²) in [5, 5.41) is 5.49. The highest BCUT2D eigenvalue weighted by Crippen LogP contribution is 2.27. The minimum Gasteiger partial charge on any atom is -0.489 e. The average Bonchev–Trinajstić information content (AvgIpc) is 2.92. The Morgan fingerprint density at radius 1 is 1.20 bits per heavy atom. The van der Waals surface area contributed by atoms with Crippen molar-refractivity contribution in [3.63, 3.8) is 0 Å². The van der Waals surface area contributed by atoms with Crippen molar-refractivity contribution in [2.45, 2.75) is 46.6 Å². The first-order valence-electron chi connectivity index (χ1n) is 8.36. The van der Waals surface area contributed by atoms with E-state index in [1.54, 1.807) is 13.0 Å². The summed E-state index contributed by atoms with van der Waals surface area (Å²) in [6.07, 6.45) is 1.98. The van der Waals surface area contributed by atoms with Crippen LogP contribution in [0.1, 0.15) is 43.2 Å². The highest BCUT2D eigenvalue weighted by molar-refractivity contribution is 5.82. The molecule has 0 fully saturated rings. The molecule has 0 atom stereocenters. The molecular weight excluding hydrogens is 316 g/mol. The van der Waals surface area contributed by atoms with Crippen LogP contribution in [0, 0.1) is 13.8 Å². The number of ether oxygens (including phenoxy) is 1. The lowest BCUT2D eigenvalue weighted by Crippen LogP contribution is -2.15. The van der Waals surface area contributed by atoms with E-state index in [0.29, 0.717) is 23.5 Å². The molecule has 0 aliphatic heterocycles. The molecule has 3 aromatic rings. The highest BCUT2D eigenvalue weighted by atomic mass is 16.5. The first kappa shape index (κ1) is 17.3. The van der Waals surface area contributed by atoms with Crippen LogP contribution in [0.25, 0.3) is 11.0 Å². The van der Waals surface area contributed by atoms with Crippen molar-refractivity contribution in [1.82, 2.24) is 9.78 Å². The molecular formula is C20H24N2O3. The van der Waals surface area contributed by atoms with Gasteiger partial charge in [-0.1, -0.05) is 20.8 Å². The molecule has 2 heterocycles. The van der Waals surface area contributed by atoms with Gasteiger partial charge in [0.1, 0.15) is 17.9 Å². The van der Waals surface area contributed by atoms with E-state index in [2.05, 4.69) is 25.9 Å². The van der Waals surface area contributed by atoms with E-state index in [0.717, 1.165) is 22.2 Å². The largest absolute Gasteiger partial charge is 0.489 e. The Morgan fingerprint density at radius 3 is 2.60 bits per heavy atom. The predicted molar refractivity (Wildman–Crippen MR) is 98.2 cm³/mol. The Hall–Kier alpha value is -2.56. The van der Waals surface area contributed by atoms with Crippen LogP contribution in [0.4, 0.5) is 0 Å². The first-order chi connectivity index (χ1) is 11.7. The highest BCUT2D eigenvalue weighted by Gasteiger charge is 2.22. The predicted octanol–water partition coefficient (Wildman–Crippen LogP) is 4.02. The normalized spacial score (nSPS) is 11.9. The number of hydrogen-bond acceptors (Lipinski definition) is 4. The maximum absolute atomic E-state index is 11.9. The van der Waals surface area contributed by atoms with Crippen molar-refractivity contribution in [3.05, 3.63) is 57.2 Å². The third-order valence-corrected chi connectivity index (χ3v) is 4.44. The summed E-state index contributed by atoms with van der Waals surface area (Å²) in [5.41, 5.74) is 3.86. The molecule has 0 aliphatic rings. The molecule has 0 saturated carbocycles. The van der Waals surface area contributed by atoms with E-state index in [9.17, 15) is 4.79 Å². The molecule has 0 aliphatic carbocycles. The lowest BCUT2D eigenvalue weighted by Gasteiger charge is -2.17. The molecule has 1 aromatic carbocycles. The quantitative estimate of drug-likeness (QED) is 0.676. The van der Waals surface area contributed by atoms with E-state index >= 15 is 0 Å². The second-order valence-electron chi connectivity index (χ2n) is 7.51. The number of fused-ring (bicyclic) bond motifs is 1. The zero-order valence-electron chi connectivity index (χ0n) is 15.6. The Kier molecular flexibility index (Phi) is 4.19. The van der Waals surface area contributed by atoms with Gasteiger partial charge in [0.15, 0.2) is 0 Å². The third-order valence-electron chi connectivity index (χ3n) is 4.44. The van der Waals surface area contributed by atoms with Crippen LogP contribution in [0.3, 0.4) is 0 Å². The van der Waals surface area contributed by atoms with Gasteiger partial charge in [-0.05, 0) is 31.5 Å². The fourth-order valence-electron chi connectivity index (χ4n) is 2.95. The van der Waals surface area contributed by atoms with E-state index in [1.807, 2.05) is 37.0 Å². The molecule has 132 valence electrons. The van der Waals surface area contributed by atoms with Crippen molar-refractivity contribution >= 4 is 11.0 Å². The van der Waals surface area contributed by atoms with Gasteiger partial charge < -0.3 is 9.15 Å². The van der Waals surface area contributed by atoms with Crippen molar-refractivity contribution in [2.75, 3.05) is 0 Å². The molecule has 2 aromatic heterocycles. The Bertz CT molecular complexity index is 991. The van der Waals surface area contributed by atoms with Gasteiger partial charge in [0.2, 0.25) is 0 Å². The van der Waals surface area contributed by atoms with Crippen LogP contribution < -0.4 is 10.4 Å². The maximum Gasteiger partial charge on any atom is 0.339 e. The molecule has 0 unspecified atom stereocenters. The number of aryl methyl sites for hydroxylation is 2. The van der Waals surface area contributed by atoms with E-state index in [-0.39, 0.29) is 11.0 Å². The van der Waals surface area contributed by atoms with Gasteiger partial charge in [0, 0.05) is 41.2 Å². The van der Waals surface area contributed by atoms with E-state index < -0.39 is 0 Å². The van der Waals surface area contributed by atoms with Crippen LogP contribution in [-0.4, -0.2) is 9.78 Å². The molecule has 0 amide bonds. The summed E-state index contributed by atoms with van der Waals surface area (Å²) >= 11 is 0. The first-order valence-corrected chi connectivity index (χ1v) is 8.36. The molecule has 0 saturated heterocycles. The number of benzene rings is 1. The van der Waals surface area contributed by atoms with Gasteiger partial charge in [-0.2, -0.15) is 5.10 Å². The van der Waals surface area contributed by atoms with Crippen molar-refractivity contribution in [3.8, 4) is 5.75 Å². The summed E-state index contributed by atoms with van der Waals surface area (Å²) in [6, 6.07) is 5.61. The SMILES string of the molecule is Cc1c(C)c2ccc(OCc3cn(C)nc3C(C)(C)C)cc2oc1=O. The topological polar surface area (TPSA) is 57.3 Å². The fraction of sp³-hybridized carbons (Fsp3) is 0.400. The van der Waals surface area contributed by atoms with Gasteiger partial charge in [0.25, 0.3) is 0 Å². The monoisotopic (exact) mass is 340 g/mol. The van der Waals surface area contributed by atoms with Gasteiger partial charge in [0.05, 0.1) is 5.69 Å². The Balaban J connectivity index is 1.90. The molecule has 0 bridgehead atoms. The standard InChI is InChI=1S/C20H24N2O3/c1-12-13(2)19(23)25-17-9-15(7-8-16(12)17)24-11-14-10-22(6)21-18(14)20(3,4)5/h7-10H,11H2,1-6H3. The minimum atomic E-state index is -0.301. The van der Waals surface area contributed by atoms with Crippen LogP contribution in [0.2, 0.25) is 0 Å². The summed E-state index contributed by atoms with van der Waals surface area (Å²) in [7, 11) is 1.91. The van der Waals surface area contributed by atoms with Crippen LogP contribution in [0.5, 0.6) is 5.75 Å². The molecule has 0 radical (unpaired) electrons.